The van der Waals surface area contributed by atoms with Gasteiger partial charge < -0.3 is 14.8 Å². The molecule has 6 nitrogen and oxygen atoms in total. The Balaban J connectivity index is 2.37. The van der Waals surface area contributed by atoms with Crippen molar-refractivity contribution in [2.24, 2.45) is 0 Å². The maximum Gasteiger partial charge on any atom is 0.264 e. The fourth-order valence-corrected chi connectivity index (χ4v) is 6.05. The summed E-state index contributed by atoms with van der Waals surface area (Å²) in [4.78, 5) is 0. The Morgan fingerprint density at radius 2 is 1.46 bits per heavy atom. The third kappa shape index (κ3) is 5.25. The average molecular weight is 398 g/mol. The molecule has 0 aliphatic heterocycles. The van der Waals surface area contributed by atoms with E-state index < -0.39 is 35.6 Å². The molecule has 0 aliphatic carbocycles. The van der Waals surface area contributed by atoms with Gasteiger partial charge in [0.15, 0.2) is 0 Å². The lowest BCUT2D eigenvalue weighted by Crippen LogP contribution is -2.47. The maximum absolute atomic E-state index is 13.9. The second kappa shape index (κ2) is 8.03. The van der Waals surface area contributed by atoms with Crippen molar-refractivity contribution in [1.82, 2.24) is 0 Å². The molecular formula is C18H23O6PS. The van der Waals surface area contributed by atoms with Gasteiger partial charge in [0.25, 0.3) is 10.1 Å². The van der Waals surface area contributed by atoms with E-state index in [1.807, 2.05) is 0 Å². The number of benzene rings is 2. The third-order valence-corrected chi connectivity index (χ3v) is 7.96. The topological polar surface area (TPSA) is 101 Å². The van der Waals surface area contributed by atoms with Crippen LogP contribution in [-0.2, 0) is 18.9 Å². The van der Waals surface area contributed by atoms with Crippen LogP contribution in [0.2, 0.25) is 0 Å². The van der Waals surface area contributed by atoms with Gasteiger partial charge in [-0.3, -0.25) is 4.18 Å². The van der Waals surface area contributed by atoms with Gasteiger partial charge in [0, 0.05) is 16.8 Å². The summed E-state index contributed by atoms with van der Waals surface area (Å²) in [5.41, 5.74) is -1.83. The number of aliphatic hydroxyl groups is 2. The summed E-state index contributed by atoms with van der Waals surface area (Å²) in [6.07, 6.45) is -0.937. The van der Waals surface area contributed by atoms with Crippen molar-refractivity contribution in [3.8, 4) is 0 Å². The van der Waals surface area contributed by atoms with Crippen LogP contribution < -0.4 is 10.6 Å². The van der Waals surface area contributed by atoms with E-state index in [0.717, 1.165) is 6.26 Å². The van der Waals surface area contributed by atoms with Crippen LogP contribution in [-0.4, -0.2) is 49.4 Å². The van der Waals surface area contributed by atoms with Crippen molar-refractivity contribution in [1.29, 1.82) is 0 Å². The minimum Gasteiger partial charge on any atom is -0.388 e. The molecule has 0 bridgehead atoms. The second-order valence-electron chi connectivity index (χ2n) is 6.43. The van der Waals surface area contributed by atoms with Crippen LogP contribution >= 0.6 is 7.14 Å². The van der Waals surface area contributed by atoms with Crippen LogP contribution in [0.5, 0.6) is 0 Å². The van der Waals surface area contributed by atoms with Gasteiger partial charge in [-0.15, -0.1) is 0 Å². The summed E-state index contributed by atoms with van der Waals surface area (Å²) in [5.74, 6) is 0. The van der Waals surface area contributed by atoms with Crippen LogP contribution in [0.4, 0.5) is 0 Å². The molecule has 0 aliphatic rings. The first-order valence-electron chi connectivity index (χ1n) is 8.00. The van der Waals surface area contributed by atoms with Gasteiger partial charge in [0.05, 0.1) is 18.5 Å². The minimum absolute atomic E-state index is 0.262. The zero-order valence-electron chi connectivity index (χ0n) is 14.6. The van der Waals surface area contributed by atoms with Crippen LogP contribution in [0.15, 0.2) is 60.7 Å². The molecule has 0 saturated heterocycles. The first-order chi connectivity index (χ1) is 12.0. The summed E-state index contributed by atoms with van der Waals surface area (Å²) in [5, 5.41) is 22.1. The SMILES string of the molecule is C[C@](O)(CP(=O)(c1ccccc1)c1ccccc1)[C@@H](O)COS(C)(=O)=O. The number of hydrogen-bond acceptors (Lipinski definition) is 6. The van der Waals surface area contributed by atoms with E-state index in [4.69, 9.17) is 0 Å². The summed E-state index contributed by atoms with van der Waals surface area (Å²) < 4.78 is 40.7. The van der Waals surface area contributed by atoms with E-state index >= 15 is 0 Å². The van der Waals surface area contributed by atoms with Crippen molar-refractivity contribution < 1.29 is 27.4 Å². The molecule has 0 amide bonds. The highest BCUT2D eigenvalue weighted by atomic mass is 32.2. The van der Waals surface area contributed by atoms with Gasteiger partial charge >= 0.3 is 0 Å². The Hall–Kier alpha value is -1.50. The smallest absolute Gasteiger partial charge is 0.264 e. The predicted octanol–water partition coefficient (Wildman–Crippen LogP) is 1.09. The Morgan fingerprint density at radius 3 is 1.85 bits per heavy atom. The molecule has 0 aromatic heterocycles. The van der Waals surface area contributed by atoms with Crippen molar-refractivity contribution in [3.05, 3.63) is 60.7 Å². The van der Waals surface area contributed by atoms with E-state index in [-0.39, 0.29) is 6.16 Å². The Bertz CT molecular complexity index is 822. The third-order valence-electron chi connectivity index (χ3n) is 4.05. The Morgan fingerprint density at radius 1 is 1.04 bits per heavy atom. The molecular weight excluding hydrogens is 375 g/mol. The van der Waals surface area contributed by atoms with E-state index in [1.165, 1.54) is 6.92 Å². The summed E-state index contributed by atoms with van der Waals surface area (Å²) in [6, 6.07) is 17.5. The zero-order valence-corrected chi connectivity index (χ0v) is 16.4. The summed E-state index contributed by atoms with van der Waals surface area (Å²) in [7, 11) is -7.05. The molecule has 0 heterocycles. The van der Waals surface area contributed by atoms with Gasteiger partial charge in [-0.2, -0.15) is 8.42 Å². The molecule has 142 valence electrons. The van der Waals surface area contributed by atoms with Gasteiger partial charge in [-0.1, -0.05) is 60.7 Å². The Labute approximate surface area is 154 Å². The zero-order chi connectivity index (χ0) is 19.4. The largest absolute Gasteiger partial charge is 0.388 e. The van der Waals surface area contributed by atoms with Crippen molar-refractivity contribution in [2.45, 2.75) is 18.6 Å². The number of aliphatic hydroxyl groups excluding tert-OH is 1. The van der Waals surface area contributed by atoms with Crippen LogP contribution in [0.1, 0.15) is 6.92 Å². The van der Waals surface area contributed by atoms with Crippen molar-refractivity contribution in [2.75, 3.05) is 19.0 Å². The molecule has 2 atom stereocenters. The van der Waals surface area contributed by atoms with Crippen LogP contribution in [0, 0.1) is 0 Å². The second-order valence-corrected chi connectivity index (χ2v) is 10.9. The van der Waals surface area contributed by atoms with Gasteiger partial charge in [0.1, 0.15) is 13.2 Å². The normalized spacial score (nSPS) is 16.0. The average Bonchev–Trinajstić information content (AvgIpc) is 2.60. The maximum atomic E-state index is 13.9. The molecule has 2 aromatic rings. The van der Waals surface area contributed by atoms with E-state index in [2.05, 4.69) is 4.18 Å². The predicted molar refractivity (Wildman–Crippen MR) is 102 cm³/mol. The lowest BCUT2D eigenvalue weighted by molar-refractivity contribution is -0.0627. The molecule has 2 rings (SSSR count). The van der Waals surface area contributed by atoms with E-state index in [0.29, 0.717) is 10.6 Å². The summed E-state index contributed by atoms with van der Waals surface area (Å²) >= 11 is 0. The van der Waals surface area contributed by atoms with Gasteiger partial charge in [-0.05, 0) is 6.92 Å². The molecule has 0 unspecified atom stereocenters. The quantitative estimate of drug-likeness (QED) is 0.510. The van der Waals surface area contributed by atoms with Gasteiger partial charge in [-0.25, -0.2) is 0 Å². The van der Waals surface area contributed by atoms with Crippen molar-refractivity contribution in [3.63, 3.8) is 0 Å². The van der Waals surface area contributed by atoms with E-state index in [9.17, 15) is 23.2 Å². The van der Waals surface area contributed by atoms with Crippen molar-refractivity contribution >= 4 is 27.9 Å². The Kier molecular flexibility index (Phi) is 6.42. The van der Waals surface area contributed by atoms with Gasteiger partial charge in [0.2, 0.25) is 0 Å². The molecule has 26 heavy (non-hydrogen) atoms. The van der Waals surface area contributed by atoms with Crippen LogP contribution in [0.25, 0.3) is 0 Å². The number of rotatable bonds is 8. The van der Waals surface area contributed by atoms with Crippen LogP contribution in [0.3, 0.4) is 0 Å². The van der Waals surface area contributed by atoms with E-state index in [1.54, 1.807) is 60.7 Å². The molecule has 0 radical (unpaired) electrons. The highest BCUT2D eigenvalue weighted by Crippen LogP contribution is 2.46. The fraction of sp³-hybridized carbons (Fsp3) is 0.333. The number of hydrogen-bond donors (Lipinski definition) is 2. The molecule has 0 fully saturated rings. The monoisotopic (exact) mass is 398 g/mol. The minimum atomic E-state index is -3.77. The molecule has 0 spiro atoms. The molecule has 8 heteroatoms. The summed E-state index contributed by atoms with van der Waals surface area (Å²) in [6.45, 7) is 0.706. The highest BCUT2D eigenvalue weighted by molar-refractivity contribution is 7.86. The molecule has 2 aromatic carbocycles. The fourth-order valence-electron chi connectivity index (χ4n) is 2.59. The first kappa shape index (κ1) is 20.8. The first-order valence-corrected chi connectivity index (χ1v) is 11.7. The lowest BCUT2D eigenvalue weighted by atomic mass is 10.0. The highest BCUT2D eigenvalue weighted by Gasteiger charge is 2.41. The lowest BCUT2D eigenvalue weighted by Gasteiger charge is -2.33. The molecule has 2 N–H and O–H groups in total. The molecule has 0 saturated carbocycles. The standard InChI is InChI=1S/C18H23O6PS/c1-18(20,17(19)13-24-26(2,22)23)14-25(21,15-9-5-3-6-10-15)16-11-7-4-8-12-16/h3-12,17,19-20H,13-14H2,1-2H3/t17-,18-/m0/s1.